The van der Waals surface area contributed by atoms with Crippen LogP contribution in [0.5, 0.6) is 0 Å². The van der Waals surface area contributed by atoms with Crippen LogP contribution < -0.4 is 0 Å². The lowest BCUT2D eigenvalue weighted by Crippen LogP contribution is -2.15. The lowest BCUT2D eigenvalue weighted by Gasteiger charge is -2.22. The third-order valence-corrected chi connectivity index (χ3v) is 34.5. The van der Waals surface area contributed by atoms with Crippen LogP contribution in [-0.4, -0.2) is 27.4 Å². The topological polar surface area (TPSA) is 53.4 Å². The molecule has 146 heavy (non-hydrogen) atoms. The lowest BCUT2D eigenvalue weighted by atomic mass is 9.82. The zero-order chi connectivity index (χ0) is 96.3. The highest BCUT2D eigenvalue weighted by molar-refractivity contribution is 7.27. The molecular formula is C136H85N7S3. The van der Waals surface area contributed by atoms with E-state index in [2.05, 4.69) is 502 Å². The summed E-state index contributed by atoms with van der Waals surface area (Å²) in [6.45, 7) is 4.71. The summed E-state index contributed by atoms with van der Waals surface area (Å²) in [6.07, 6.45) is 0. The second-order valence-electron chi connectivity index (χ2n) is 39.2. The van der Waals surface area contributed by atoms with Gasteiger partial charge in [-0.05, 0) is 262 Å². The molecule has 0 radical (unpaired) electrons. The van der Waals surface area contributed by atoms with E-state index in [-0.39, 0.29) is 5.41 Å². The largest absolute Gasteiger partial charge is 0.309 e. The smallest absolute Gasteiger partial charge is 0.0991 e. The van der Waals surface area contributed by atoms with Crippen LogP contribution in [0.15, 0.2) is 479 Å². The van der Waals surface area contributed by atoms with Crippen molar-refractivity contribution in [1.29, 1.82) is 5.26 Å². The Balaban J connectivity index is 0.000000102. The highest BCUT2D eigenvalue weighted by Crippen LogP contribution is 2.53. The van der Waals surface area contributed by atoms with Crippen molar-refractivity contribution in [3.8, 4) is 84.7 Å². The fourth-order valence-corrected chi connectivity index (χ4v) is 27.9. The molecule has 0 saturated heterocycles. The maximum atomic E-state index is 9.34. The molecule has 1 aliphatic carbocycles. The normalized spacial score (nSPS) is 12.5. The third-order valence-electron chi connectivity index (χ3n) is 31.0. The fraction of sp³-hybridized carbons (Fsp3) is 0.0221. The quantitative estimate of drug-likeness (QED) is 0.142. The fourth-order valence-electron chi connectivity index (χ4n) is 24.4. The number of benzene rings is 22. The lowest BCUT2D eigenvalue weighted by molar-refractivity contribution is 0.660. The summed E-state index contributed by atoms with van der Waals surface area (Å²) in [5.41, 5.74) is 35.0. The molecule has 10 heteroatoms. The van der Waals surface area contributed by atoms with Gasteiger partial charge in [-0.25, -0.2) is 0 Å². The zero-order valence-corrected chi connectivity index (χ0v) is 81.9. The van der Waals surface area contributed by atoms with Gasteiger partial charge in [-0.1, -0.05) is 287 Å². The summed E-state index contributed by atoms with van der Waals surface area (Å²) in [5.74, 6) is 0. The Kier molecular flexibility index (Phi) is 18.7. The number of rotatable bonds is 9. The van der Waals surface area contributed by atoms with Gasteiger partial charge in [-0.2, -0.15) is 5.26 Å². The van der Waals surface area contributed by atoms with Crippen molar-refractivity contribution in [2.24, 2.45) is 0 Å². The summed E-state index contributed by atoms with van der Waals surface area (Å²) in [7, 11) is 0. The van der Waals surface area contributed by atoms with Crippen molar-refractivity contribution in [2.75, 3.05) is 0 Å². The second kappa shape index (κ2) is 32.7. The monoisotopic (exact) mass is 1910 g/mol. The van der Waals surface area contributed by atoms with E-state index in [0.717, 1.165) is 16.7 Å². The number of para-hydroxylation sites is 7. The average Bonchev–Trinajstić information content (AvgIpc) is 1.56. The van der Waals surface area contributed by atoms with E-state index in [9.17, 15) is 5.26 Å². The molecule has 0 bridgehead atoms. The van der Waals surface area contributed by atoms with Gasteiger partial charge in [0.25, 0.3) is 0 Å². The Labute approximate surface area is 851 Å². The molecule has 0 amide bonds. The molecule has 0 fully saturated rings. The van der Waals surface area contributed by atoms with E-state index in [1.807, 2.05) is 58.3 Å². The summed E-state index contributed by atoms with van der Waals surface area (Å²) < 4.78 is 22.4. The first-order valence-corrected chi connectivity index (χ1v) is 52.3. The van der Waals surface area contributed by atoms with Crippen LogP contribution in [-0.2, 0) is 5.41 Å². The van der Waals surface area contributed by atoms with Gasteiger partial charge in [-0.3, -0.25) is 0 Å². The molecule has 0 saturated carbocycles. The Morgan fingerprint density at radius 1 is 0.192 bits per heavy atom. The Hall–Kier alpha value is -18.2. The molecule has 0 aliphatic heterocycles. The zero-order valence-electron chi connectivity index (χ0n) is 79.5. The van der Waals surface area contributed by atoms with Crippen molar-refractivity contribution < 1.29 is 0 Å². The van der Waals surface area contributed by atoms with Gasteiger partial charge in [-0.15, -0.1) is 34.0 Å². The molecule has 22 aromatic carbocycles. The maximum Gasteiger partial charge on any atom is 0.0991 e. The standard InChI is InChI=1S/C48H28N2S2.C45H32N2.C43H25N3S/c1-5-15-37-31(11-1)35-27-29(23-25-39(35)49(37)41-17-9-21-45-47(41)33-13-3-7-19-43(33)51-45)30-24-26-40-36(28-30)32-12-2-6-16-38(32)50(40)42-18-10-22-46-48(42)34-14-4-8-20-44(34)52-46;1-45(2)39-17-9-6-14-33(39)34-23-22-32(28-40(34)45)47-42-19-11-8-16-36(42)38-27-30(21-25-44(38)47)29-20-24-43-37(26-29)35-15-7-10-18-41(35)46(43)31-12-4-3-5-13-31;44-26-27-16-20-30(21-17-27)45-37-12-4-1-8-31(37)35-24-28(18-22-39(35)45)29-19-23-40-36(25-29)32-9-2-5-13-38(32)46(40)41-14-7-11-34-33-10-3-6-15-42(33)47-43(34)41/h1-28H;3-28H,1-2H3;1-25H. The van der Waals surface area contributed by atoms with E-state index < -0.39 is 0 Å². The van der Waals surface area contributed by atoms with Crippen molar-refractivity contribution in [3.05, 3.63) is 496 Å². The molecule has 7 nitrogen and oxygen atoms in total. The van der Waals surface area contributed by atoms with E-state index in [1.165, 1.54) is 264 Å². The first-order chi connectivity index (χ1) is 72.1. The van der Waals surface area contributed by atoms with Crippen LogP contribution >= 0.6 is 34.0 Å². The summed E-state index contributed by atoms with van der Waals surface area (Å²) in [5, 5.41) is 32.3. The molecular weight excluding hydrogens is 1830 g/mol. The predicted octanol–water partition coefficient (Wildman–Crippen LogP) is 37.9. The molecule has 9 heterocycles. The van der Waals surface area contributed by atoms with Crippen molar-refractivity contribution in [3.63, 3.8) is 0 Å². The first kappa shape index (κ1) is 83.6. The Morgan fingerprint density at radius 3 is 0.897 bits per heavy atom. The molecule has 0 N–H and O–H groups in total. The van der Waals surface area contributed by atoms with E-state index in [1.54, 1.807) is 0 Å². The highest BCUT2D eigenvalue weighted by atomic mass is 32.1. The summed E-state index contributed by atoms with van der Waals surface area (Å²) >= 11 is 5.61. The Bertz CT molecular complexity index is 10800. The maximum absolute atomic E-state index is 9.34. The molecule has 31 aromatic rings. The first-order valence-electron chi connectivity index (χ1n) is 49.9. The minimum atomic E-state index is -0.0455. The minimum Gasteiger partial charge on any atom is -0.309 e. The molecule has 682 valence electrons. The summed E-state index contributed by atoms with van der Waals surface area (Å²) in [4.78, 5) is 0. The van der Waals surface area contributed by atoms with Crippen LogP contribution in [0.3, 0.4) is 0 Å². The van der Waals surface area contributed by atoms with E-state index >= 15 is 0 Å². The number of aromatic nitrogens is 6. The average molecular weight is 1910 g/mol. The van der Waals surface area contributed by atoms with E-state index in [0.29, 0.717) is 5.56 Å². The van der Waals surface area contributed by atoms with Gasteiger partial charge >= 0.3 is 0 Å². The number of nitriles is 1. The van der Waals surface area contributed by atoms with Gasteiger partial charge in [0.1, 0.15) is 0 Å². The molecule has 32 rings (SSSR count). The van der Waals surface area contributed by atoms with Crippen LogP contribution in [0, 0.1) is 11.3 Å². The molecule has 0 atom stereocenters. The summed E-state index contributed by atoms with van der Waals surface area (Å²) in [6, 6.07) is 177. The molecule has 1 aliphatic rings. The second-order valence-corrected chi connectivity index (χ2v) is 42.4. The molecule has 9 aromatic heterocycles. The number of hydrogen-bond donors (Lipinski definition) is 0. The van der Waals surface area contributed by atoms with Gasteiger partial charge < -0.3 is 27.4 Å². The van der Waals surface area contributed by atoms with Gasteiger partial charge in [0.2, 0.25) is 0 Å². The molecule has 0 unspecified atom stereocenters. The number of fused-ring (bicyclic) bond motifs is 30. The van der Waals surface area contributed by atoms with Gasteiger partial charge in [0, 0.05) is 143 Å². The van der Waals surface area contributed by atoms with Crippen molar-refractivity contribution >= 4 is 225 Å². The highest BCUT2D eigenvalue weighted by Gasteiger charge is 2.36. The Morgan fingerprint density at radius 2 is 0.479 bits per heavy atom. The van der Waals surface area contributed by atoms with Crippen molar-refractivity contribution in [1.82, 2.24) is 27.4 Å². The van der Waals surface area contributed by atoms with Crippen LogP contribution in [0.2, 0.25) is 0 Å². The van der Waals surface area contributed by atoms with Gasteiger partial charge in [0.15, 0.2) is 0 Å². The van der Waals surface area contributed by atoms with E-state index in [4.69, 9.17) is 0 Å². The molecule has 0 spiro atoms. The SMILES string of the molecule is CC1(C)c2ccccc2-c2ccc(-n3c4ccccc4c4cc(-c5ccc6c(c5)c5ccccc5n6-c5ccccc5)ccc43)cc21.N#Cc1ccc(-n2c3ccccc3c3cc(-c4ccc5c(c4)c4ccccc4n5-c4cccc5c4sc4ccccc45)ccc32)cc1.c1ccc2c(c1)sc1cccc(-n3c4ccccc4c4cc(-c5ccc6c(c5)c5ccccc5n6-c5cccc6sc7ccccc7c56)ccc43)c12. The third kappa shape index (κ3) is 12.7. The number of nitrogens with zero attached hydrogens (tertiary/aromatic N) is 7. The minimum absolute atomic E-state index is 0.0455. The predicted molar refractivity (Wildman–Crippen MR) is 623 cm³/mol. The van der Waals surface area contributed by atoms with Crippen LogP contribution in [0.4, 0.5) is 0 Å². The van der Waals surface area contributed by atoms with Crippen LogP contribution in [0.1, 0.15) is 30.5 Å². The van der Waals surface area contributed by atoms with Crippen molar-refractivity contribution in [2.45, 2.75) is 19.3 Å². The number of hydrogen-bond acceptors (Lipinski definition) is 4. The number of thiophene rings is 3. The van der Waals surface area contributed by atoms with Gasteiger partial charge in [0.05, 0.1) is 99.6 Å². The van der Waals surface area contributed by atoms with Crippen LogP contribution in [0.25, 0.3) is 270 Å².